The van der Waals surface area contributed by atoms with Gasteiger partial charge in [0.15, 0.2) is 0 Å². The normalized spacial score (nSPS) is 19.0. The Hall–Kier alpha value is -0.180. The van der Waals surface area contributed by atoms with Crippen molar-refractivity contribution in [2.45, 2.75) is 70.1 Å². The fraction of sp³-hybridized carbons (Fsp3) is 0.929. The van der Waals surface area contributed by atoms with Crippen molar-refractivity contribution in [2.75, 3.05) is 12.8 Å². The highest BCUT2D eigenvalue weighted by atomic mass is 32.2. The van der Waals surface area contributed by atoms with Gasteiger partial charge in [0.2, 0.25) is 5.91 Å². The van der Waals surface area contributed by atoms with E-state index in [-0.39, 0.29) is 5.25 Å². The van der Waals surface area contributed by atoms with Crippen molar-refractivity contribution in [3.8, 4) is 0 Å². The molecule has 0 aromatic heterocycles. The first-order valence-electron chi connectivity index (χ1n) is 7.05. The van der Waals surface area contributed by atoms with E-state index in [1.165, 1.54) is 44.9 Å². The second-order valence-electron chi connectivity index (χ2n) is 5.11. The standard InChI is InChI=1S/C14H27NOS/c1-4-5-11-17-12(2)14(16)15(3)13-9-7-6-8-10-13/h12-13H,4-11H2,1-3H3. The van der Waals surface area contributed by atoms with Crippen molar-refractivity contribution < 1.29 is 4.79 Å². The zero-order valence-electron chi connectivity index (χ0n) is 11.6. The van der Waals surface area contributed by atoms with E-state index < -0.39 is 0 Å². The number of hydrogen-bond acceptors (Lipinski definition) is 2. The minimum atomic E-state index is 0.133. The molecule has 1 rings (SSSR count). The van der Waals surface area contributed by atoms with Crippen molar-refractivity contribution in [1.29, 1.82) is 0 Å². The average Bonchev–Trinajstić information content (AvgIpc) is 2.38. The molecule has 0 radical (unpaired) electrons. The molecule has 3 heteroatoms. The third-order valence-electron chi connectivity index (χ3n) is 3.68. The summed E-state index contributed by atoms with van der Waals surface area (Å²) in [5.74, 6) is 1.44. The molecule has 0 saturated heterocycles. The second kappa shape index (κ2) is 8.02. The Bertz CT molecular complexity index is 226. The number of carbonyl (C=O) groups is 1. The van der Waals surface area contributed by atoms with Crippen LogP contribution in [0.3, 0.4) is 0 Å². The molecule has 17 heavy (non-hydrogen) atoms. The highest BCUT2D eigenvalue weighted by Gasteiger charge is 2.25. The first-order valence-corrected chi connectivity index (χ1v) is 8.10. The summed E-state index contributed by atoms with van der Waals surface area (Å²) in [6, 6.07) is 0.505. The van der Waals surface area contributed by atoms with Crippen LogP contribution in [0.2, 0.25) is 0 Å². The third kappa shape index (κ3) is 4.90. The topological polar surface area (TPSA) is 20.3 Å². The van der Waals surface area contributed by atoms with Crippen molar-refractivity contribution in [3.63, 3.8) is 0 Å². The van der Waals surface area contributed by atoms with Gasteiger partial charge in [0.25, 0.3) is 0 Å². The smallest absolute Gasteiger partial charge is 0.235 e. The van der Waals surface area contributed by atoms with Crippen LogP contribution in [0.1, 0.15) is 58.8 Å². The minimum absolute atomic E-state index is 0.133. The van der Waals surface area contributed by atoms with Gasteiger partial charge in [-0.25, -0.2) is 0 Å². The minimum Gasteiger partial charge on any atom is -0.342 e. The molecule has 0 aliphatic heterocycles. The van der Waals surface area contributed by atoms with Gasteiger partial charge >= 0.3 is 0 Å². The zero-order valence-corrected chi connectivity index (χ0v) is 12.4. The molecule has 2 nitrogen and oxygen atoms in total. The van der Waals surface area contributed by atoms with Crippen LogP contribution >= 0.6 is 11.8 Å². The molecular weight excluding hydrogens is 230 g/mol. The van der Waals surface area contributed by atoms with Gasteiger partial charge in [-0.15, -0.1) is 11.8 Å². The van der Waals surface area contributed by atoms with E-state index in [1.54, 1.807) is 0 Å². The summed E-state index contributed by atoms with van der Waals surface area (Å²) < 4.78 is 0. The Morgan fingerprint density at radius 2 is 2.00 bits per heavy atom. The molecule has 1 aliphatic carbocycles. The van der Waals surface area contributed by atoms with E-state index in [0.29, 0.717) is 11.9 Å². The van der Waals surface area contributed by atoms with E-state index in [2.05, 4.69) is 13.8 Å². The number of carbonyl (C=O) groups excluding carboxylic acids is 1. The largest absolute Gasteiger partial charge is 0.342 e. The average molecular weight is 257 g/mol. The number of rotatable bonds is 6. The number of hydrogen-bond donors (Lipinski definition) is 0. The lowest BCUT2D eigenvalue weighted by Gasteiger charge is -2.32. The highest BCUT2D eigenvalue weighted by molar-refractivity contribution is 8.00. The maximum atomic E-state index is 12.2. The van der Waals surface area contributed by atoms with Crippen molar-refractivity contribution in [3.05, 3.63) is 0 Å². The number of thioether (sulfide) groups is 1. The predicted molar refractivity (Wildman–Crippen MR) is 76.5 cm³/mol. The summed E-state index contributed by atoms with van der Waals surface area (Å²) in [7, 11) is 2.00. The summed E-state index contributed by atoms with van der Waals surface area (Å²) in [6.07, 6.45) is 8.77. The Morgan fingerprint density at radius 1 is 1.35 bits per heavy atom. The van der Waals surface area contributed by atoms with Gasteiger partial charge in [-0.1, -0.05) is 32.6 Å². The third-order valence-corrected chi connectivity index (χ3v) is 4.91. The van der Waals surface area contributed by atoms with E-state index in [1.807, 2.05) is 23.7 Å². The molecule has 0 spiro atoms. The Labute approximate surface area is 111 Å². The fourth-order valence-electron chi connectivity index (χ4n) is 2.41. The molecule has 0 aromatic rings. The van der Waals surface area contributed by atoms with Gasteiger partial charge in [0.1, 0.15) is 0 Å². The maximum Gasteiger partial charge on any atom is 0.235 e. The lowest BCUT2D eigenvalue weighted by Crippen LogP contribution is -2.42. The summed E-state index contributed by atoms with van der Waals surface area (Å²) in [4.78, 5) is 14.3. The van der Waals surface area contributed by atoms with Crippen LogP contribution in [-0.2, 0) is 4.79 Å². The predicted octanol–water partition coefficient (Wildman–Crippen LogP) is 3.70. The van der Waals surface area contributed by atoms with Crippen LogP contribution in [-0.4, -0.2) is 34.9 Å². The van der Waals surface area contributed by atoms with Crippen LogP contribution in [0.15, 0.2) is 0 Å². The van der Waals surface area contributed by atoms with E-state index in [0.717, 1.165) is 5.75 Å². The maximum absolute atomic E-state index is 12.2. The Kier molecular flexibility index (Phi) is 7.02. The van der Waals surface area contributed by atoms with Gasteiger partial charge in [-0.05, 0) is 31.9 Å². The summed E-state index contributed by atoms with van der Waals surface area (Å²) >= 11 is 1.81. The zero-order chi connectivity index (χ0) is 12.7. The Morgan fingerprint density at radius 3 is 2.59 bits per heavy atom. The van der Waals surface area contributed by atoms with E-state index in [9.17, 15) is 4.79 Å². The van der Waals surface area contributed by atoms with Crippen molar-refractivity contribution in [1.82, 2.24) is 4.90 Å². The number of amides is 1. The summed E-state index contributed by atoms with van der Waals surface area (Å²) in [6.45, 7) is 4.25. The summed E-state index contributed by atoms with van der Waals surface area (Å²) in [5.41, 5.74) is 0. The molecule has 1 atom stereocenters. The van der Waals surface area contributed by atoms with Gasteiger partial charge in [0.05, 0.1) is 5.25 Å². The van der Waals surface area contributed by atoms with Crippen LogP contribution in [0.5, 0.6) is 0 Å². The van der Waals surface area contributed by atoms with Crippen LogP contribution in [0.25, 0.3) is 0 Å². The molecule has 0 aromatic carbocycles. The molecule has 0 bridgehead atoms. The fourth-order valence-corrected chi connectivity index (χ4v) is 3.53. The SMILES string of the molecule is CCCCSC(C)C(=O)N(C)C1CCCCC1. The van der Waals surface area contributed by atoms with Gasteiger partial charge in [0, 0.05) is 13.1 Å². The van der Waals surface area contributed by atoms with Crippen LogP contribution < -0.4 is 0 Å². The monoisotopic (exact) mass is 257 g/mol. The molecule has 0 N–H and O–H groups in total. The highest BCUT2D eigenvalue weighted by Crippen LogP contribution is 2.24. The molecule has 100 valence electrons. The second-order valence-corrected chi connectivity index (χ2v) is 6.56. The van der Waals surface area contributed by atoms with E-state index >= 15 is 0 Å². The van der Waals surface area contributed by atoms with Gasteiger partial charge in [-0.3, -0.25) is 4.79 Å². The van der Waals surface area contributed by atoms with Crippen molar-refractivity contribution >= 4 is 17.7 Å². The number of unbranched alkanes of at least 4 members (excludes halogenated alkanes) is 1. The number of nitrogens with zero attached hydrogens (tertiary/aromatic N) is 1. The lowest BCUT2D eigenvalue weighted by atomic mass is 9.94. The molecule has 1 aliphatic rings. The van der Waals surface area contributed by atoms with Crippen molar-refractivity contribution in [2.24, 2.45) is 0 Å². The first kappa shape index (κ1) is 14.9. The molecule has 1 unspecified atom stereocenters. The lowest BCUT2D eigenvalue weighted by molar-refractivity contribution is -0.131. The van der Waals surface area contributed by atoms with E-state index in [4.69, 9.17) is 0 Å². The molecule has 1 saturated carbocycles. The Balaban J connectivity index is 2.33. The molecule has 1 amide bonds. The quantitative estimate of drug-likeness (QED) is 0.676. The van der Waals surface area contributed by atoms with Gasteiger partial charge in [-0.2, -0.15) is 0 Å². The summed E-state index contributed by atoms with van der Waals surface area (Å²) in [5, 5.41) is 0.133. The molecule has 1 fully saturated rings. The van der Waals surface area contributed by atoms with Crippen LogP contribution in [0.4, 0.5) is 0 Å². The molecular formula is C14H27NOS. The van der Waals surface area contributed by atoms with Gasteiger partial charge < -0.3 is 4.90 Å². The molecule has 0 heterocycles. The first-order chi connectivity index (χ1) is 8.16. The van der Waals surface area contributed by atoms with Crippen LogP contribution in [0, 0.1) is 0 Å².